The van der Waals surface area contributed by atoms with Gasteiger partial charge in [-0.05, 0) is 55.5 Å². The Hall–Kier alpha value is -2.34. The Morgan fingerprint density at radius 3 is 2.53 bits per heavy atom. The van der Waals surface area contributed by atoms with Gasteiger partial charge < -0.3 is 10.1 Å². The van der Waals surface area contributed by atoms with E-state index in [0.29, 0.717) is 17.0 Å². The third-order valence-corrected chi connectivity index (χ3v) is 5.18. The molecule has 0 saturated heterocycles. The van der Waals surface area contributed by atoms with Crippen molar-refractivity contribution in [1.82, 2.24) is 10.6 Å². The molecule has 7 heteroatoms. The second-order valence-electron chi connectivity index (χ2n) is 7.38. The molecule has 1 aromatic carbocycles. The summed E-state index contributed by atoms with van der Waals surface area (Å²) in [7, 11) is 1.43. The van der Waals surface area contributed by atoms with Crippen molar-refractivity contribution in [1.29, 1.82) is 0 Å². The minimum Gasteiger partial charge on any atom is -0.493 e. The predicted octanol–water partition coefficient (Wildman–Crippen LogP) is 5.14. The molecule has 0 aliphatic heterocycles. The number of hydrogen-bond donors (Lipinski definition) is 2. The van der Waals surface area contributed by atoms with Crippen molar-refractivity contribution in [3.05, 3.63) is 34.4 Å². The minimum absolute atomic E-state index is 0.318. The number of urea groups is 1. The molecule has 6 nitrogen and oxygen atoms in total. The van der Waals surface area contributed by atoms with Gasteiger partial charge in [0.15, 0.2) is 0 Å². The predicted molar refractivity (Wildman–Crippen MR) is 121 cm³/mol. The highest BCUT2D eigenvalue weighted by Crippen LogP contribution is 2.28. The molecule has 0 heterocycles. The molecule has 166 valence electrons. The van der Waals surface area contributed by atoms with Gasteiger partial charge in [-0.3, -0.25) is 14.9 Å². The summed E-state index contributed by atoms with van der Waals surface area (Å²) in [5.41, 5.74) is 1.53. The summed E-state index contributed by atoms with van der Waals surface area (Å²) in [4.78, 5) is 30.2. The standard InChI is InChI=1S/C20H27ClO2.C3H6N2O2/c1-16(15-22)13-18-14-19(21)10-11-20(18)23-12-6-5-9-17-7-3-2-4-8-17;1-4-3(7)5-2-6/h10-11,13-15,17H,2-9,12H2,1H3;2H,1H3,(H2,4,5,6,7)/b16-13+;. The number of benzene rings is 1. The van der Waals surface area contributed by atoms with E-state index < -0.39 is 6.03 Å². The summed E-state index contributed by atoms with van der Waals surface area (Å²) >= 11 is 6.04. The molecule has 1 saturated carbocycles. The monoisotopic (exact) mass is 436 g/mol. The van der Waals surface area contributed by atoms with E-state index >= 15 is 0 Å². The van der Waals surface area contributed by atoms with Crippen molar-refractivity contribution in [3.8, 4) is 5.75 Å². The van der Waals surface area contributed by atoms with E-state index in [1.54, 1.807) is 6.92 Å². The molecule has 2 N–H and O–H groups in total. The molecule has 1 aliphatic carbocycles. The third kappa shape index (κ3) is 11.0. The summed E-state index contributed by atoms with van der Waals surface area (Å²) in [6, 6.07) is 5.06. The topological polar surface area (TPSA) is 84.5 Å². The van der Waals surface area contributed by atoms with Crippen LogP contribution in [0.3, 0.4) is 0 Å². The maximum absolute atomic E-state index is 10.8. The van der Waals surface area contributed by atoms with Crippen LogP contribution in [0.4, 0.5) is 4.79 Å². The number of aldehydes is 1. The van der Waals surface area contributed by atoms with Gasteiger partial charge in [0.2, 0.25) is 6.41 Å². The van der Waals surface area contributed by atoms with Crippen LogP contribution in [0.2, 0.25) is 5.02 Å². The number of carbonyl (C=O) groups excluding carboxylic acids is 3. The number of halogens is 1. The Kier molecular flexibility index (Phi) is 13.3. The zero-order valence-corrected chi connectivity index (χ0v) is 18.7. The van der Waals surface area contributed by atoms with Gasteiger partial charge in [-0.1, -0.05) is 50.1 Å². The minimum atomic E-state index is -0.491. The van der Waals surface area contributed by atoms with Gasteiger partial charge >= 0.3 is 6.03 Å². The third-order valence-electron chi connectivity index (χ3n) is 4.95. The van der Waals surface area contributed by atoms with Gasteiger partial charge in [0.1, 0.15) is 12.0 Å². The molecule has 0 unspecified atom stereocenters. The number of unbranched alkanes of at least 4 members (excludes halogenated alkanes) is 1. The molecule has 0 bridgehead atoms. The normalized spacial score (nSPS) is 14.2. The van der Waals surface area contributed by atoms with Crippen LogP contribution in [0.25, 0.3) is 6.08 Å². The second-order valence-corrected chi connectivity index (χ2v) is 7.81. The van der Waals surface area contributed by atoms with Crippen molar-refractivity contribution in [2.75, 3.05) is 13.7 Å². The first-order valence-corrected chi connectivity index (χ1v) is 10.9. The molecule has 0 radical (unpaired) electrons. The summed E-state index contributed by atoms with van der Waals surface area (Å²) in [5, 5.41) is 4.70. The van der Waals surface area contributed by atoms with E-state index in [0.717, 1.165) is 36.5 Å². The van der Waals surface area contributed by atoms with Gasteiger partial charge in [-0.15, -0.1) is 0 Å². The molecule has 0 aromatic heterocycles. The lowest BCUT2D eigenvalue weighted by atomic mass is 9.86. The van der Waals surface area contributed by atoms with Crippen molar-refractivity contribution in [2.45, 2.75) is 58.3 Å². The van der Waals surface area contributed by atoms with Crippen LogP contribution < -0.4 is 15.4 Å². The fraction of sp³-hybridized carbons (Fsp3) is 0.522. The number of amides is 3. The van der Waals surface area contributed by atoms with Crippen LogP contribution in [-0.2, 0) is 9.59 Å². The highest BCUT2D eigenvalue weighted by molar-refractivity contribution is 6.30. The maximum Gasteiger partial charge on any atom is 0.320 e. The number of ether oxygens (including phenoxy) is 1. The first-order chi connectivity index (χ1) is 14.5. The summed E-state index contributed by atoms with van der Waals surface area (Å²) < 4.78 is 5.91. The molecular weight excluding hydrogens is 404 g/mol. The van der Waals surface area contributed by atoms with Crippen molar-refractivity contribution in [2.24, 2.45) is 5.92 Å². The Morgan fingerprint density at radius 2 is 1.93 bits per heavy atom. The number of allylic oxidation sites excluding steroid dienone is 1. The van der Waals surface area contributed by atoms with Crippen molar-refractivity contribution in [3.63, 3.8) is 0 Å². The molecule has 1 fully saturated rings. The lowest BCUT2D eigenvalue weighted by molar-refractivity contribution is -0.108. The van der Waals surface area contributed by atoms with Gasteiger partial charge in [-0.2, -0.15) is 0 Å². The van der Waals surface area contributed by atoms with Crippen LogP contribution >= 0.6 is 11.6 Å². The van der Waals surface area contributed by atoms with E-state index in [1.165, 1.54) is 52.0 Å². The Labute approximate surface area is 184 Å². The number of hydrogen-bond acceptors (Lipinski definition) is 4. The lowest BCUT2D eigenvalue weighted by Crippen LogP contribution is -2.31. The highest BCUT2D eigenvalue weighted by Gasteiger charge is 2.12. The fourth-order valence-electron chi connectivity index (χ4n) is 3.36. The van der Waals surface area contributed by atoms with E-state index in [4.69, 9.17) is 16.3 Å². The molecule has 0 spiro atoms. The van der Waals surface area contributed by atoms with Crippen LogP contribution in [0.1, 0.15) is 63.9 Å². The van der Waals surface area contributed by atoms with Gasteiger partial charge in [0.05, 0.1) is 6.61 Å². The maximum atomic E-state index is 10.8. The second kappa shape index (κ2) is 15.5. The smallest absolute Gasteiger partial charge is 0.320 e. The van der Waals surface area contributed by atoms with Crippen molar-refractivity contribution < 1.29 is 19.1 Å². The average molecular weight is 437 g/mol. The van der Waals surface area contributed by atoms with Crippen LogP contribution in [0.15, 0.2) is 23.8 Å². The van der Waals surface area contributed by atoms with Gasteiger partial charge in [0.25, 0.3) is 0 Å². The first kappa shape index (κ1) is 25.7. The SMILES string of the molecule is C/C(C=O)=C\c1cc(Cl)ccc1OCCCCC1CCCCC1.CNC(=O)NC=O. The Morgan fingerprint density at radius 1 is 1.20 bits per heavy atom. The first-order valence-electron chi connectivity index (χ1n) is 10.5. The van der Waals surface area contributed by atoms with Crippen LogP contribution in [0, 0.1) is 5.92 Å². The van der Waals surface area contributed by atoms with E-state index in [-0.39, 0.29) is 0 Å². The van der Waals surface area contributed by atoms with Crippen LogP contribution in [0.5, 0.6) is 5.75 Å². The summed E-state index contributed by atoms with van der Waals surface area (Å²) in [6.07, 6.45) is 13.7. The molecule has 1 aromatic rings. The summed E-state index contributed by atoms with van der Waals surface area (Å²) in [6.45, 7) is 2.50. The zero-order chi connectivity index (χ0) is 22.2. The molecular formula is C23H33ClN2O4. The van der Waals surface area contributed by atoms with Crippen molar-refractivity contribution >= 4 is 36.4 Å². The molecule has 1 aliphatic rings. The van der Waals surface area contributed by atoms with Gasteiger partial charge in [-0.25, -0.2) is 4.79 Å². The van der Waals surface area contributed by atoms with Gasteiger partial charge in [0, 0.05) is 17.6 Å². The van der Waals surface area contributed by atoms with E-state index in [1.807, 2.05) is 29.6 Å². The van der Waals surface area contributed by atoms with E-state index in [9.17, 15) is 14.4 Å². The molecule has 3 amide bonds. The molecule has 2 rings (SSSR count). The molecule has 0 atom stereocenters. The number of imide groups is 1. The zero-order valence-electron chi connectivity index (χ0n) is 17.9. The highest BCUT2D eigenvalue weighted by atomic mass is 35.5. The largest absolute Gasteiger partial charge is 0.493 e. The number of carbonyl (C=O) groups is 3. The van der Waals surface area contributed by atoms with E-state index in [2.05, 4.69) is 5.32 Å². The summed E-state index contributed by atoms with van der Waals surface area (Å²) in [5.74, 6) is 1.74. The average Bonchev–Trinajstić information content (AvgIpc) is 2.76. The van der Waals surface area contributed by atoms with Crippen LogP contribution in [-0.4, -0.2) is 32.4 Å². The quantitative estimate of drug-likeness (QED) is 0.318. The number of nitrogens with one attached hydrogen (secondary N) is 2. The number of rotatable bonds is 9. The lowest BCUT2D eigenvalue weighted by Gasteiger charge is -2.21. The Balaban J connectivity index is 0.000000553. The fourth-order valence-corrected chi connectivity index (χ4v) is 3.54. The molecule has 30 heavy (non-hydrogen) atoms. The Bertz CT molecular complexity index is 700.